The first-order valence-electron chi connectivity index (χ1n) is 9.94. The lowest BCUT2D eigenvalue weighted by atomic mass is 9.83. The van der Waals surface area contributed by atoms with Gasteiger partial charge in [-0.1, -0.05) is 30.0 Å². The number of rotatable bonds is 3. The maximum absolute atomic E-state index is 13.8. The highest BCUT2D eigenvalue weighted by Crippen LogP contribution is 2.36. The Bertz CT molecular complexity index is 1130. The van der Waals surface area contributed by atoms with Crippen LogP contribution in [0.15, 0.2) is 29.1 Å². The number of hydrogen-bond donors (Lipinski definition) is 1. The molecule has 1 amide bonds. The Morgan fingerprint density at radius 3 is 2.53 bits per heavy atom. The number of nitrogens with zero attached hydrogens (tertiary/aromatic N) is 2. The number of nitrogens with one attached hydrogen (secondary N) is 1. The Kier molecular flexibility index (Phi) is 6.30. The van der Waals surface area contributed by atoms with Crippen LogP contribution in [0.4, 0.5) is 23.2 Å². The van der Waals surface area contributed by atoms with E-state index in [1.807, 2.05) is 16.3 Å². The monoisotopic (exact) mass is 485 g/mol. The first-order chi connectivity index (χ1) is 15.2. The lowest BCUT2D eigenvalue weighted by Gasteiger charge is -2.43. The number of aromatic nitrogens is 1. The Morgan fingerprint density at radius 1 is 1.16 bits per heavy atom. The van der Waals surface area contributed by atoms with E-state index in [2.05, 4.69) is 0 Å². The van der Waals surface area contributed by atoms with Crippen LogP contribution in [0.2, 0.25) is 0 Å². The summed E-state index contributed by atoms with van der Waals surface area (Å²) in [5.41, 5.74) is -0.238. The molecule has 1 fully saturated rings. The highest BCUT2D eigenvalue weighted by atomic mass is 32.2. The van der Waals surface area contributed by atoms with Crippen LogP contribution in [0, 0.1) is 29.2 Å². The minimum atomic E-state index is -1.67. The largest absolute Gasteiger partial charge is 0.356 e. The number of carbonyl (C=O) groups excluding carboxylic acids is 1. The van der Waals surface area contributed by atoms with Crippen molar-refractivity contribution >= 4 is 39.9 Å². The third-order valence-electron chi connectivity index (χ3n) is 5.74. The fourth-order valence-corrected chi connectivity index (χ4v) is 5.58. The van der Waals surface area contributed by atoms with Crippen molar-refractivity contribution in [2.75, 3.05) is 18.4 Å². The van der Waals surface area contributed by atoms with Crippen LogP contribution in [0.5, 0.6) is 0 Å². The number of pyridine rings is 1. The second kappa shape index (κ2) is 8.86. The first kappa shape index (κ1) is 22.8. The van der Waals surface area contributed by atoms with E-state index in [9.17, 15) is 27.2 Å². The Morgan fingerprint density at radius 2 is 1.84 bits per heavy atom. The van der Waals surface area contributed by atoms with Gasteiger partial charge in [0.1, 0.15) is 10.0 Å². The third-order valence-corrected chi connectivity index (χ3v) is 7.32. The molecule has 0 aliphatic carbocycles. The molecular weight excluding hydrogens is 466 g/mol. The summed E-state index contributed by atoms with van der Waals surface area (Å²) >= 11 is 6.52. The average molecular weight is 486 g/mol. The van der Waals surface area contributed by atoms with Crippen molar-refractivity contribution < 1.29 is 22.4 Å². The van der Waals surface area contributed by atoms with Crippen LogP contribution < -0.4 is 10.9 Å². The molecule has 1 aromatic carbocycles. The second-order valence-electron chi connectivity index (χ2n) is 7.96. The van der Waals surface area contributed by atoms with E-state index in [0.717, 1.165) is 23.9 Å². The predicted octanol–water partition coefficient (Wildman–Crippen LogP) is 3.87. The topological polar surface area (TPSA) is 54.3 Å². The summed E-state index contributed by atoms with van der Waals surface area (Å²) in [6.45, 7) is 3.28. The highest BCUT2D eigenvalue weighted by molar-refractivity contribution is 8.23. The Labute approximate surface area is 190 Å². The first-order valence-corrected chi connectivity index (χ1v) is 11.2. The lowest BCUT2D eigenvalue weighted by Crippen LogP contribution is -2.48. The van der Waals surface area contributed by atoms with Crippen molar-refractivity contribution in [3.63, 3.8) is 0 Å². The Balaban J connectivity index is 1.43. The van der Waals surface area contributed by atoms with Gasteiger partial charge in [-0.2, -0.15) is 0 Å². The number of carbonyl (C=O) groups is 1. The molecule has 4 rings (SSSR count). The molecule has 3 heterocycles. The average Bonchev–Trinajstić information content (AvgIpc) is 2.75. The highest BCUT2D eigenvalue weighted by Gasteiger charge is 2.36. The molecule has 2 aromatic rings. The zero-order valence-electron chi connectivity index (χ0n) is 16.9. The van der Waals surface area contributed by atoms with Gasteiger partial charge in [0, 0.05) is 43.4 Å². The molecule has 5 nitrogen and oxygen atoms in total. The quantitative estimate of drug-likeness (QED) is 0.407. The minimum Gasteiger partial charge on any atom is -0.356 e. The van der Waals surface area contributed by atoms with Crippen molar-refractivity contribution in [1.82, 2.24) is 9.47 Å². The fraction of sp³-hybridized carbons (Fsp3) is 0.381. The standard InChI is InChI=1S/C21H19F4N3O2S2/c1-10(20(30)26-19-17(24)13(22)6-14(23)18(19)25)32-21(31)27-7-11-5-12(9-27)15-3-2-4-16(29)28(15)8-11/h2-4,6,10-12H,5,7-9H2,1H3,(H,26,30)/t10-,11+,12+/m1/s1. The van der Waals surface area contributed by atoms with Crippen LogP contribution >= 0.6 is 24.0 Å². The molecule has 0 radical (unpaired) electrons. The van der Waals surface area contributed by atoms with Crippen LogP contribution in [-0.2, 0) is 11.3 Å². The molecule has 170 valence electrons. The van der Waals surface area contributed by atoms with Gasteiger partial charge in [-0.05, 0) is 25.3 Å². The van der Waals surface area contributed by atoms with Gasteiger partial charge < -0.3 is 14.8 Å². The maximum Gasteiger partial charge on any atom is 0.250 e. The van der Waals surface area contributed by atoms with E-state index >= 15 is 0 Å². The van der Waals surface area contributed by atoms with Crippen LogP contribution in [0.3, 0.4) is 0 Å². The van der Waals surface area contributed by atoms with Crippen LogP contribution in [0.1, 0.15) is 25.0 Å². The second-order valence-corrected chi connectivity index (χ2v) is 9.94. The molecular formula is C21H19F4N3O2S2. The van der Waals surface area contributed by atoms with Gasteiger partial charge in [-0.15, -0.1) is 0 Å². The van der Waals surface area contributed by atoms with Gasteiger partial charge in [-0.25, -0.2) is 17.6 Å². The fourth-order valence-electron chi connectivity index (χ4n) is 4.23. The summed E-state index contributed by atoms with van der Waals surface area (Å²) in [4.78, 5) is 26.5. The van der Waals surface area contributed by atoms with Gasteiger partial charge in [0.2, 0.25) is 5.91 Å². The number of amides is 1. The van der Waals surface area contributed by atoms with Crippen molar-refractivity contribution in [3.05, 3.63) is 63.6 Å². The molecule has 1 N–H and O–H groups in total. The number of anilines is 1. The summed E-state index contributed by atoms with van der Waals surface area (Å²) in [6.07, 6.45) is 0.937. The van der Waals surface area contributed by atoms with Crippen LogP contribution in [-0.4, -0.2) is 38.0 Å². The SMILES string of the molecule is C[C@@H](SC(=S)N1C[C@@H]2C[C@@H](C1)c1cccc(=O)n1C2)C(=O)Nc1c(F)c(F)cc(F)c1F. The number of fused-ring (bicyclic) bond motifs is 4. The molecule has 11 heteroatoms. The summed E-state index contributed by atoms with van der Waals surface area (Å²) in [7, 11) is 0. The summed E-state index contributed by atoms with van der Waals surface area (Å²) in [5, 5.41) is 1.05. The van der Waals surface area contributed by atoms with Crippen LogP contribution in [0.25, 0.3) is 0 Å². The van der Waals surface area contributed by atoms with Gasteiger partial charge in [-0.3, -0.25) is 9.59 Å². The van der Waals surface area contributed by atoms with Gasteiger partial charge in [0.15, 0.2) is 23.3 Å². The number of thioether (sulfide) groups is 1. The number of thiocarbonyl (C=S) groups is 1. The van der Waals surface area contributed by atoms with E-state index in [-0.39, 0.29) is 23.5 Å². The smallest absolute Gasteiger partial charge is 0.250 e. The van der Waals surface area contributed by atoms with Gasteiger partial charge in [0.05, 0.1) is 5.25 Å². The number of piperidine rings is 1. The summed E-state index contributed by atoms with van der Waals surface area (Å²) in [5.74, 6) is -7.04. The zero-order chi connectivity index (χ0) is 23.2. The van der Waals surface area contributed by atoms with E-state index in [4.69, 9.17) is 12.2 Å². The lowest BCUT2D eigenvalue weighted by molar-refractivity contribution is -0.115. The molecule has 0 saturated carbocycles. The number of hydrogen-bond acceptors (Lipinski definition) is 4. The molecule has 1 saturated heterocycles. The van der Waals surface area contributed by atoms with E-state index in [1.54, 1.807) is 16.7 Å². The predicted molar refractivity (Wildman–Crippen MR) is 118 cm³/mol. The molecule has 0 spiro atoms. The van der Waals surface area contributed by atoms with Crippen molar-refractivity contribution in [2.45, 2.75) is 31.1 Å². The maximum atomic E-state index is 13.8. The number of likely N-dealkylation sites (tertiary alicyclic amines) is 1. The van der Waals surface area contributed by atoms with Crippen molar-refractivity contribution in [1.29, 1.82) is 0 Å². The van der Waals surface area contributed by atoms with E-state index < -0.39 is 40.1 Å². The third kappa shape index (κ3) is 4.27. The van der Waals surface area contributed by atoms with Gasteiger partial charge >= 0.3 is 0 Å². The summed E-state index contributed by atoms with van der Waals surface area (Å²) in [6, 6.07) is 5.28. The molecule has 2 aliphatic rings. The van der Waals surface area contributed by atoms with Crippen molar-refractivity contribution in [3.8, 4) is 0 Å². The zero-order valence-corrected chi connectivity index (χ0v) is 18.5. The molecule has 1 aromatic heterocycles. The molecule has 32 heavy (non-hydrogen) atoms. The normalized spacial score (nSPS) is 20.5. The molecule has 2 aliphatic heterocycles. The van der Waals surface area contributed by atoms with Gasteiger partial charge in [0.25, 0.3) is 5.56 Å². The number of halogens is 4. The molecule has 2 bridgehead atoms. The Hall–Kier alpha value is -2.40. The minimum absolute atomic E-state index is 0.0267. The molecule has 3 atom stereocenters. The van der Waals surface area contributed by atoms with E-state index in [1.165, 1.54) is 6.92 Å². The molecule has 0 unspecified atom stereocenters. The van der Waals surface area contributed by atoms with Crippen molar-refractivity contribution in [2.24, 2.45) is 5.92 Å². The number of benzene rings is 1. The summed E-state index contributed by atoms with van der Waals surface area (Å²) < 4.78 is 56.7. The van der Waals surface area contributed by atoms with E-state index in [0.29, 0.717) is 24.0 Å².